The van der Waals surface area contributed by atoms with Gasteiger partial charge in [-0.15, -0.1) is 0 Å². The van der Waals surface area contributed by atoms with E-state index in [0.717, 1.165) is 10.6 Å². The zero-order chi connectivity index (χ0) is 14.0. The first kappa shape index (κ1) is 14.1. The molecule has 0 spiro atoms. The molecule has 0 aromatic heterocycles. The topological polar surface area (TPSA) is 38.0 Å². The van der Waals surface area contributed by atoms with Crippen LogP contribution in [0.4, 0.5) is 0 Å². The van der Waals surface area contributed by atoms with Crippen LogP contribution >= 0.6 is 11.6 Å². The van der Waals surface area contributed by atoms with Crippen LogP contribution in [0, 0.1) is 20.8 Å². The monoisotopic (exact) mass is 274 g/mol. The van der Waals surface area contributed by atoms with Gasteiger partial charge in [0.05, 0.1) is 6.04 Å². The molecule has 0 saturated heterocycles. The minimum Gasteiger partial charge on any atom is -0.271 e. The van der Waals surface area contributed by atoms with Crippen LogP contribution < -0.4 is 11.3 Å². The molecular formula is C16H19ClN2. The number of nitrogens with two attached hydrogens (primary N) is 1. The molecule has 0 aliphatic heterocycles. The van der Waals surface area contributed by atoms with Gasteiger partial charge in [-0.2, -0.15) is 0 Å². The van der Waals surface area contributed by atoms with Crippen molar-refractivity contribution in [2.75, 3.05) is 0 Å². The Hall–Kier alpha value is -1.35. The summed E-state index contributed by atoms with van der Waals surface area (Å²) >= 11 is 5.94. The largest absolute Gasteiger partial charge is 0.271 e. The second-order valence-electron chi connectivity index (χ2n) is 4.96. The molecule has 0 saturated carbocycles. The fraction of sp³-hybridized carbons (Fsp3) is 0.250. The van der Waals surface area contributed by atoms with Crippen LogP contribution in [0.1, 0.15) is 33.9 Å². The molecule has 0 amide bonds. The number of nitrogens with one attached hydrogen (secondary N) is 1. The van der Waals surface area contributed by atoms with E-state index in [1.807, 2.05) is 24.3 Å². The first-order valence-corrected chi connectivity index (χ1v) is 6.70. The SMILES string of the molecule is Cc1cc(C)c(C(NN)c2ccc(Cl)cc2)c(C)c1. The molecule has 19 heavy (non-hydrogen) atoms. The molecule has 0 aliphatic rings. The average molecular weight is 275 g/mol. The van der Waals surface area contributed by atoms with Crippen molar-refractivity contribution in [3.8, 4) is 0 Å². The lowest BCUT2D eigenvalue weighted by Crippen LogP contribution is -2.30. The normalized spacial score (nSPS) is 12.5. The summed E-state index contributed by atoms with van der Waals surface area (Å²) in [5.74, 6) is 5.77. The fourth-order valence-corrected chi connectivity index (χ4v) is 2.77. The van der Waals surface area contributed by atoms with Crippen molar-refractivity contribution in [1.82, 2.24) is 5.43 Å². The number of rotatable bonds is 3. The molecule has 0 fully saturated rings. The van der Waals surface area contributed by atoms with Crippen LogP contribution in [0.15, 0.2) is 36.4 Å². The Morgan fingerprint density at radius 2 is 1.53 bits per heavy atom. The quantitative estimate of drug-likeness (QED) is 0.660. The predicted octanol–water partition coefficient (Wildman–Crippen LogP) is 3.82. The van der Waals surface area contributed by atoms with Gasteiger partial charge in [-0.1, -0.05) is 41.4 Å². The second-order valence-corrected chi connectivity index (χ2v) is 5.40. The molecule has 2 rings (SSSR count). The lowest BCUT2D eigenvalue weighted by molar-refractivity contribution is 0.630. The molecule has 2 aromatic carbocycles. The summed E-state index contributed by atoms with van der Waals surface area (Å²) in [5, 5.41) is 0.733. The van der Waals surface area contributed by atoms with Gasteiger partial charge in [0.2, 0.25) is 0 Å². The van der Waals surface area contributed by atoms with Crippen molar-refractivity contribution in [3.05, 3.63) is 69.2 Å². The number of benzene rings is 2. The summed E-state index contributed by atoms with van der Waals surface area (Å²) in [4.78, 5) is 0. The van der Waals surface area contributed by atoms with Crippen molar-refractivity contribution in [3.63, 3.8) is 0 Å². The minimum atomic E-state index is -0.0159. The van der Waals surface area contributed by atoms with Gasteiger partial charge in [-0.3, -0.25) is 5.84 Å². The first-order chi connectivity index (χ1) is 9.02. The number of hydrogen-bond acceptors (Lipinski definition) is 2. The highest BCUT2D eigenvalue weighted by atomic mass is 35.5. The van der Waals surface area contributed by atoms with Crippen molar-refractivity contribution >= 4 is 11.6 Å². The number of aryl methyl sites for hydroxylation is 3. The molecule has 0 radical (unpaired) electrons. The van der Waals surface area contributed by atoms with Crippen molar-refractivity contribution in [1.29, 1.82) is 0 Å². The molecular weight excluding hydrogens is 256 g/mol. The van der Waals surface area contributed by atoms with E-state index in [1.54, 1.807) is 0 Å². The standard InChI is InChI=1S/C16H19ClN2/c1-10-8-11(2)15(12(3)9-10)16(19-18)13-4-6-14(17)7-5-13/h4-9,16,19H,18H2,1-3H3. The molecule has 2 nitrogen and oxygen atoms in total. The summed E-state index contributed by atoms with van der Waals surface area (Å²) in [6.07, 6.45) is 0. The van der Waals surface area contributed by atoms with E-state index < -0.39 is 0 Å². The van der Waals surface area contributed by atoms with Gasteiger partial charge in [-0.05, 0) is 55.2 Å². The summed E-state index contributed by atoms with van der Waals surface area (Å²) in [5.41, 5.74) is 9.02. The maximum atomic E-state index is 5.94. The van der Waals surface area contributed by atoms with E-state index in [9.17, 15) is 0 Å². The molecule has 1 unspecified atom stereocenters. The summed E-state index contributed by atoms with van der Waals surface area (Å²) in [7, 11) is 0. The Morgan fingerprint density at radius 1 is 1.00 bits per heavy atom. The van der Waals surface area contributed by atoms with E-state index in [4.69, 9.17) is 17.4 Å². The van der Waals surface area contributed by atoms with E-state index in [1.165, 1.54) is 22.3 Å². The zero-order valence-corrected chi connectivity index (χ0v) is 12.3. The lowest BCUT2D eigenvalue weighted by atomic mass is 9.90. The van der Waals surface area contributed by atoms with Crippen LogP contribution in [0.25, 0.3) is 0 Å². The van der Waals surface area contributed by atoms with E-state index >= 15 is 0 Å². The van der Waals surface area contributed by atoms with Gasteiger partial charge in [0.1, 0.15) is 0 Å². The highest BCUT2D eigenvalue weighted by Crippen LogP contribution is 2.29. The van der Waals surface area contributed by atoms with Gasteiger partial charge < -0.3 is 0 Å². The van der Waals surface area contributed by atoms with Gasteiger partial charge in [0.25, 0.3) is 0 Å². The average Bonchev–Trinajstić information content (AvgIpc) is 2.35. The molecule has 100 valence electrons. The summed E-state index contributed by atoms with van der Waals surface area (Å²) in [6.45, 7) is 6.35. The lowest BCUT2D eigenvalue weighted by Gasteiger charge is -2.22. The Bertz CT molecular complexity index is 553. The molecule has 0 aliphatic carbocycles. The Kier molecular flexibility index (Phi) is 4.25. The second kappa shape index (κ2) is 5.74. The van der Waals surface area contributed by atoms with E-state index in [2.05, 4.69) is 38.3 Å². The number of halogens is 1. The van der Waals surface area contributed by atoms with Gasteiger partial charge in [0.15, 0.2) is 0 Å². The maximum absolute atomic E-state index is 5.94. The molecule has 1 atom stereocenters. The van der Waals surface area contributed by atoms with Crippen molar-refractivity contribution in [2.24, 2.45) is 5.84 Å². The third-order valence-electron chi connectivity index (χ3n) is 3.40. The predicted molar refractivity (Wildman–Crippen MR) is 81.3 cm³/mol. The molecule has 0 heterocycles. The Labute approximate surface area is 119 Å². The Balaban J connectivity index is 2.51. The van der Waals surface area contributed by atoms with Crippen molar-refractivity contribution < 1.29 is 0 Å². The van der Waals surface area contributed by atoms with Gasteiger partial charge >= 0.3 is 0 Å². The highest BCUT2D eigenvalue weighted by Gasteiger charge is 2.17. The molecule has 3 heteroatoms. The molecule has 0 bridgehead atoms. The maximum Gasteiger partial charge on any atom is 0.0715 e. The Morgan fingerprint density at radius 3 is 2.00 bits per heavy atom. The third kappa shape index (κ3) is 2.98. The van der Waals surface area contributed by atoms with Crippen LogP contribution in [0.3, 0.4) is 0 Å². The van der Waals surface area contributed by atoms with Crippen LogP contribution in [-0.2, 0) is 0 Å². The van der Waals surface area contributed by atoms with Gasteiger partial charge in [0, 0.05) is 5.02 Å². The summed E-state index contributed by atoms with van der Waals surface area (Å²) in [6, 6.07) is 12.1. The zero-order valence-electron chi connectivity index (χ0n) is 11.5. The first-order valence-electron chi connectivity index (χ1n) is 6.32. The molecule has 2 aromatic rings. The fourth-order valence-electron chi connectivity index (χ4n) is 2.65. The van der Waals surface area contributed by atoms with Crippen LogP contribution in [0.5, 0.6) is 0 Å². The summed E-state index contributed by atoms with van der Waals surface area (Å²) < 4.78 is 0. The van der Waals surface area contributed by atoms with Gasteiger partial charge in [-0.25, -0.2) is 5.43 Å². The van der Waals surface area contributed by atoms with E-state index in [0.29, 0.717) is 0 Å². The van der Waals surface area contributed by atoms with E-state index in [-0.39, 0.29) is 6.04 Å². The number of hydrazine groups is 1. The van der Waals surface area contributed by atoms with Crippen LogP contribution in [0.2, 0.25) is 5.02 Å². The highest BCUT2D eigenvalue weighted by molar-refractivity contribution is 6.30. The van der Waals surface area contributed by atoms with Crippen molar-refractivity contribution in [2.45, 2.75) is 26.8 Å². The molecule has 3 N–H and O–H groups in total. The third-order valence-corrected chi connectivity index (χ3v) is 3.65. The van der Waals surface area contributed by atoms with Crippen LogP contribution in [-0.4, -0.2) is 0 Å². The minimum absolute atomic E-state index is 0.0159. The smallest absolute Gasteiger partial charge is 0.0715 e. The number of hydrogen-bond donors (Lipinski definition) is 2.